The van der Waals surface area contributed by atoms with Crippen molar-refractivity contribution in [3.63, 3.8) is 0 Å². The molecule has 0 N–H and O–H groups in total. The Morgan fingerprint density at radius 2 is 0.514 bits per heavy atom. The molecule has 0 aliphatic heterocycles. The molecule has 0 saturated heterocycles. The average molecular weight is 763 g/mol. The molecule has 0 saturated carbocycles. The van der Waals surface area contributed by atoms with Gasteiger partial charge in [0.25, 0.3) is 0 Å². The summed E-state index contributed by atoms with van der Waals surface area (Å²) < 4.78 is 235. The van der Waals surface area contributed by atoms with Crippen LogP contribution in [0.5, 0.6) is 0 Å². The predicted octanol–water partition coefficient (Wildman–Crippen LogP) is 7.83. The second-order valence-corrected chi connectivity index (χ2v) is 14.1. The van der Waals surface area contributed by atoms with Crippen LogP contribution in [0.2, 0.25) is 0 Å². The van der Waals surface area contributed by atoms with Crippen LogP contribution in [0.4, 0.5) is 79.0 Å². The van der Waals surface area contributed by atoms with Gasteiger partial charge in [-0.25, -0.2) is 0 Å². The maximum atomic E-state index is 13.5. The molecule has 0 amide bonds. The Hall–Kier alpha value is -1.88. The molecule has 2 aromatic rings. The third-order valence-corrected chi connectivity index (χ3v) is 13.4. The molecular weight excluding hydrogens is 759 g/mol. The van der Waals surface area contributed by atoms with E-state index >= 15 is 0 Å². The number of benzene rings is 2. The van der Waals surface area contributed by atoms with Gasteiger partial charge in [0, 0.05) is 0 Å². The summed E-state index contributed by atoms with van der Waals surface area (Å²) >= 11 is -5.46. The second kappa shape index (κ2) is 9.39. The number of alkyl halides is 18. The summed E-state index contributed by atoms with van der Waals surface area (Å²) in [5.41, 5.74) is -16.3. The van der Waals surface area contributed by atoms with Crippen molar-refractivity contribution in [2.45, 2.75) is 37.1 Å². The molecule has 19 heteroatoms. The van der Waals surface area contributed by atoms with Gasteiger partial charge < -0.3 is 0 Å². The van der Waals surface area contributed by atoms with Crippen molar-refractivity contribution in [1.82, 2.24) is 0 Å². The van der Waals surface area contributed by atoms with E-state index in [0.29, 0.717) is 0 Å². The fourth-order valence-electron chi connectivity index (χ4n) is 3.24. The minimum atomic E-state index is -6.13. The van der Waals surface area contributed by atoms with E-state index in [2.05, 4.69) is 0 Å². The maximum absolute atomic E-state index is 13.5. The van der Waals surface area contributed by atoms with Crippen molar-refractivity contribution < 1.29 is 104 Å². The third-order valence-electron chi connectivity index (χ3n) is 4.73. The Bertz CT molecular complexity index is 993. The summed E-state index contributed by atoms with van der Waals surface area (Å²) in [7, 11) is 0. The normalized spacial score (nSPS) is 14.1. The first-order valence-electron chi connectivity index (χ1n) is 8.92. The zero-order chi connectivity index (χ0) is 29.2. The predicted molar refractivity (Wildman–Crippen MR) is 82.2 cm³/mol. The van der Waals surface area contributed by atoms with Crippen LogP contribution >= 0.6 is 0 Å². The Morgan fingerprint density at radius 1 is 0.324 bits per heavy atom. The summed E-state index contributed by atoms with van der Waals surface area (Å²) in [6, 6.07) is -3.63. The average Bonchev–Trinajstić information content (AvgIpc) is 2.62. The quantitative estimate of drug-likeness (QED) is 0.216. The molecule has 0 bridgehead atoms. The van der Waals surface area contributed by atoms with Gasteiger partial charge in [-0.15, -0.1) is 0 Å². The molecule has 0 heterocycles. The minimum absolute atomic E-state index is 0.908. The SMILES string of the molecule is FC(F)(F)c1cc(C(F)(F)F)[c]([Hg][c]2c(C(F)(F)F)cc(C(F)(F)F)cc2C(F)(F)F)c(C(F)(F)F)c1. The van der Waals surface area contributed by atoms with Gasteiger partial charge in [0.15, 0.2) is 0 Å². The molecular formula is C18H4F18Hg. The molecule has 0 nitrogen and oxygen atoms in total. The molecule has 204 valence electrons. The Morgan fingerprint density at radius 3 is 0.649 bits per heavy atom. The number of rotatable bonds is 2. The van der Waals surface area contributed by atoms with E-state index in [1.54, 1.807) is 0 Å². The molecule has 0 radical (unpaired) electrons. The van der Waals surface area contributed by atoms with Crippen LogP contribution in [0.25, 0.3) is 0 Å². The summed E-state index contributed by atoms with van der Waals surface area (Å²) in [6.45, 7) is 0. The van der Waals surface area contributed by atoms with Crippen molar-refractivity contribution in [3.05, 3.63) is 57.6 Å². The van der Waals surface area contributed by atoms with Gasteiger partial charge in [0.2, 0.25) is 0 Å². The fourth-order valence-corrected chi connectivity index (χ4v) is 12.3. The molecule has 0 spiro atoms. The van der Waals surface area contributed by atoms with Crippen molar-refractivity contribution in [2.24, 2.45) is 0 Å². The number of hydrogen-bond donors (Lipinski definition) is 0. The third kappa shape index (κ3) is 7.16. The van der Waals surface area contributed by atoms with Gasteiger partial charge in [-0.2, -0.15) is 0 Å². The van der Waals surface area contributed by atoms with Crippen LogP contribution in [0.3, 0.4) is 0 Å². The molecule has 2 aromatic carbocycles. The molecule has 0 atom stereocenters. The van der Waals surface area contributed by atoms with Crippen LogP contribution in [0, 0.1) is 0 Å². The van der Waals surface area contributed by atoms with Gasteiger partial charge in [-0.1, -0.05) is 0 Å². The molecule has 0 aliphatic carbocycles. The zero-order valence-electron chi connectivity index (χ0n) is 16.8. The van der Waals surface area contributed by atoms with Crippen LogP contribution < -0.4 is 6.14 Å². The van der Waals surface area contributed by atoms with Gasteiger partial charge in [-0.3, -0.25) is 0 Å². The summed E-state index contributed by atoms with van der Waals surface area (Å²) in [6.07, 6.45) is -36.2. The van der Waals surface area contributed by atoms with Crippen LogP contribution in [-0.2, 0) is 61.6 Å². The van der Waals surface area contributed by atoms with E-state index in [0.717, 1.165) is 0 Å². The van der Waals surface area contributed by atoms with Crippen LogP contribution in [0.1, 0.15) is 33.4 Å². The van der Waals surface area contributed by atoms with E-state index in [9.17, 15) is 79.0 Å². The van der Waals surface area contributed by atoms with E-state index in [1.807, 2.05) is 0 Å². The molecule has 0 aliphatic rings. The summed E-state index contributed by atoms with van der Waals surface area (Å²) in [5, 5.41) is 0. The Kier molecular flexibility index (Phi) is 7.95. The van der Waals surface area contributed by atoms with Crippen molar-refractivity contribution in [3.8, 4) is 0 Å². The first kappa shape index (κ1) is 31.3. The van der Waals surface area contributed by atoms with E-state index < -0.39 is 125 Å². The van der Waals surface area contributed by atoms with Crippen LogP contribution in [-0.4, -0.2) is 0 Å². The standard InChI is InChI=1S/2C9H2F9.Hg/c2*10-7(11,12)4-1-5(8(13,14)15)3-6(2-4)9(16,17)18;/h2*1-2H;. The monoisotopic (exact) mass is 764 g/mol. The first-order chi connectivity index (χ1) is 16.1. The van der Waals surface area contributed by atoms with Crippen LogP contribution in [0.15, 0.2) is 24.3 Å². The van der Waals surface area contributed by atoms with Gasteiger partial charge >= 0.3 is 204 Å². The number of halogens is 18. The summed E-state index contributed by atoms with van der Waals surface area (Å²) in [4.78, 5) is 0. The van der Waals surface area contributed by atoms with Gasteiger partial charge in [0.05, 0.1) is 0 Å². The zero-order valence-corrected chi connectivity index (χ0v) is 22.3. The van der Waals surface area contributed by atoms with Crippen molar-refractivity contribution >= 4 is 6.14 Å². The Balaban J connectivity index is 3.12. The topological polar surface area (TPSA) is 0 Å². The van der Waals surface area contributed by atoms with Crippen molar-refractivity contribution in [1.29, 1.82) is 0 Å². The second-order valence-electron chi connectivity index (χ2n) is 7.26. The van der Waals surface area contributed by atoms with Gasteiger partial charge in [-0.05, 0) is 0 Å². The van der Waals surface area contributed by atoms with E-state index in [4.69, 9.17) is 0 Å². The fraction of sp³-hybridized carbons (Fsp3) is 0.333. The molecule has 0 fully saturated rings. The molecule has 0 unspecified atom stereocenters. The van der Waals surface area contributed by atoms with Crippen molar-refractivity contribution in [2.75, 3.05) is 0 Å². The molecule has 0 aromatic heterocycles. The van der Waals surface area contributed by atoms with E-state index in [-0.39, 0.29) is 0 Å². The van der Waals surface area contributed by atoms with Gasteiger partial charge in [0.1, 0.15) is 0 Å². The Labute approximate surface area is 204 Å². The van der Waals surface area contributed by atoms with E-state index in [1.165, 1.54) is 0 Å². The first-order valence-corrected chi connectivity index (χ1v) is 14.4. The summed E-state index contributed by atoms with van der Waals surface area (Å²) in [5.74, 6) is 0. The molecule has 2 rings (SSSR count). The number of hydrogen-bond acceptors (Lipinski definition) is 0. The molecule has 37 heavy (non-hydrogen) atoms.